The zero-order valence-corrected chi connectivity index (χ0v) is 12.3. The number of aromatic nitrogens is 3. The van der Waals surface area contributed by atoms with Gasteiger partial charge in [0.25, 0.3) is 5.56 Å². The van der Waals surface area contributed by atoms with Crippen LogP contribution in [0.2, 0.25) is 5.02 Å². The third kappa shape index (κ3) is 2.64. The molecule has 5 nitrogen and oxygen atoms in total. The number of hydrogen-bond acceptors (Lipinski definition) is 3. The van der Waals surface area contributed by atoms with E-state index in [1.807, 2.05) is 16.8 Å². The zero-order chi connectivity index (χ0) is 14.8. The van der Waals surface area contributed by atoms with Crippen LogP contribution in [0.25, 0.3) is 5.52 Å². The fourth-order valence-corrected chi connectivity index (χ4v) is 2.49. The summed E-state index contributed by atoms with van der Waals surface area (Å²) in [5.41, 5.74) is 2.68. The monoisotopic (exact) mass is 302 g/mol. The molecule has 108 valence electrons. The van der Waals surface area contributed by atoms with Gasteiger partial charge >= 0.3 is 0 Å². The van der Waals surface area contributed by atoms with Gasteiger partial charge in [-0.2, -0.15) is 5.10 Å². The molecular weight excluding hydrogens is 288 g/mol. The lowest BCUT2D eigenvalue weighted by molar-refractivity contribution is 0.938. The first-order valence-electron chi connectivity index (χ1n) is 6.75. The van der Waals surface area contributed by atoms with Gasteiger partial charge in [-0.1, -0.05) is 24.6 Å². The van der Waals surface area contributed by atoms with Gasteiger partial charge in [-0.3, -0.25) is 4.79 Å². The highest BCUT2D eigenvalue weighted by Gasteiger charge is 2.08. The number of aryl methyl sites for hydroxylation is 1. The van der Waals surface area contributed by atoms with Crippen molar-refractivity contribution in [2.45, 2.75) is 19.9 Å². The van der Waals surface area contributed by atoms with Crippen molar-refractivity contribution >= 4 is 22.9 Å². The summed E-state index contributed by atoms with van der Waals surface area (Å²) in [5, 5.41) is 8.23. The fraction of sp³-hybridized carbons (Fsp3) is 0.200. The van der Waals surface area contributed by atoms with E-state index in [4.69, 9.17) is 11.6 Å². The van der Waals surface area contributed by atoms with E-state index in [9.17, 15) is 4.79 Å². The minimum atomic E-state index is -0.0991. The Kier molecular flexibility index (Phi) is 3.66. The quantitative estimate of drug-likeness (QED) is 0.779. The number of aromatic amines is 1. The number of pyridine rings is 2. The van der Waals surface area contributed by atoms with E-state index in [-0.39, 0.29) is 5.56 Å². The lowest BCUT2D eigenvalue weighted by Crippen LogP contribution is -2.15. The standard InChI is InChI=1S/C15H15ClN4O/c1-2-10-9-19-20-13(10)6-12(16)7-14(20)18-8-11-4-3-5-17-15(11)21/h3-7,9,18H,2,8H2,1H3,(H,17,21). The van der Waals surface area contributed by atoms with Gasteiger partial charge in [0, 0.05) is 23.3 Å². The van der Waals surface area contributed by atoms with Crippen LogP contribution in [0, 0.1) is 0 Å². The molecule has 0 aliphatic carbocycles. The number of hydrogen-bond donors (Lipinski definition) is 2. The molecule has 0 aromatic carbocycles. The van der Waals surface area contributed by atoms with Gasteiger partial charge in [-0.25, -0.2) is 4.52 Å². The van der Waals surface area contributed by atoms with Gasteiger partial charge in [0.05, 0.1) is 11.7 Å². The first-order valence-corrected chi connectivity index (χ1v) is 7.13. The molecule has 6 heteroatoms. The molecule has 3 heterocycles. The molecule has 0 saturated heterocycles. The van der Waals surface area contributed by atoms with E-state index in [0.29, 0.717) is 17.1 Å². The van der Waals surface area contributed by atoms with Crippen molar-refractivity contribution < 1.29 is 0 Å². The maximum atomic E-state index is 11.7. The number of H-pyrrole nitrogens is 1. The Morgan fingerprint density at radius 1 is 1.38 bits per heavy atom. The maximum Gasteiger partial charge on any atom is 0.252 e. The summed E-state index contributed by atoms with van der Waals surface area (Å²) in [6.07, 6.45) is 4.35. The smallest absolute Gasteiger partial charge is 0.252 e. The zero-order valence-electron chi connectivity index (χ0n) is 11.6. The molecule has 0 aliphatic rings. The van der Waals surface area contributed by atoms with E-state index >= 15 is 0 Å². The lowest BCUT2D eigenvalue weighted by Gasteiger charge is -2.09. The predicted octanol–water partition coefficient (Wildman–Crippen LogP) is 2.85. The Morgan fingerprint density at radius 2 is 2.24 bits per heavy atom. The molecular formula is C15H15ClN4O. The molecule has 0 saturated carbocycles. The number of anilines is 1. The van der Waals surface area contributed by atoms with Crippen LogP contribution >= 0.6 is 11.6 Å². The molecule has 0 radical (unpaired) electrons. The summed E-state index contributed by atoms with van der Waals surface area (Å²) in [6, 6.07) is 7.29. The predicted molar refractivity (Wildman–Crippen MR) is 84.0 cm³/mol. The first-order chi connectivity index (χ1) is 10.2. The number of nitrogens with one attached hydrogen (secondary N) is 2. The van der Waals surface area contributed by atoms with Crippen molar-refractivity contribution in [3.8, 4) is 0 Å². The minimum Gasteiger partial charge on any atom is -0.366 e. The third-order valence-corrected chi connectivity index (χ3v) is 3.62. The molecule has 0 unspecified atom stereocenters. The van der Waals surface area contributed by atoms with Gasteiger partial charge in [-0.05, 0) is 30.2 Å². The molecule has 3 aromatic heterocycles. The largest absolute Gasteiger partial charge is 0.366 e. The number of rotatable bonds is 4. The van der Waals surface area contributed by atoms with Gasteiger partial charge < -0.3 is 10.3 Å². The Labute approximate surface area is 126 Å². The van der Waals surface area contributed by atoms with Crippen molar-refractivity contribution in [2.24, 2.45) is 0 Å². The Bertz CT molecular complexity index is 837. The summed E-state index contributed by atoms with van der Waals surface area (Å²) < 4.78 is 1.81. The summed E-state index contributed by atoms with van der Waals surface area (Å²) >= 11 is 6.17. The summed E-state index contributed by atoms with van der Waals surface area (Å²) in [6.45, 7) is 2.49. The van der Waals surface area contributed by atoms with Crippen molar-refractivity contribution in [1.82, 2.24) is 14.6 Å². The minimum absolute atomic E-state index is 0.0991. The van der Waals surface area contributed by atoms with Crippen LogP contribution in [0.1, 0.15) is 18.1 Å². The third-order valence-electron chi connectivity index (χ3n) is 3.40. The van der Waals surface area contributed by atoms with E-state index in [1.54, 1.807) is 24.4 Å². The van der Waals surface area contributed by atoms with Crippen LogP contribution < -0.4 is 10.9 Å². The second-order valence-electron chi connectivity index (χ2n) is 4.76. The fourth-order valence-electron chi connectivity index (χ4n) is 2.28. The van der Waals surface area contributed by atoms with Crippen molar-refractivity contribution in [1.29, 1.82) is 0 Å². The SMILES string of the molecule is CCc1cnn2c(NCc3ccc[nH]c3=O)cc(Cl)cc12. The van der Waals surface area contributed by atoms with Crippen LogP contribution in [-0.2, 0) is 13.0 Å². The van der Waals surface area contributed by atoms with Crippen molar-refractivity contribution in [2.75, 3.05) is 5.32 Å². The van der Waals surface area contributed by atoms with E-state index in [0.717, 1.165) is 23.3 Å². The molecule has 0 amide bonds. The Balaban J connectivity index is 1.95. The van der Waals surface area contributed by atoms with Crippen LogP contribution in [0.15, 0.2) is 41.5 Å². The van der Waals surface area contributed by atoms with Gasteiger partial charge in [0.15, 0.2) is 0 Å². The van der Waals surface area contributed by atoms with E-state index < -0.39 is 0 Å². The normalized spacial score (nSPS) is 11.0. The molecule has 0 bridgehead atoms. The van der Waals surface area contributed by atoms with E-state index in [2.05, 4.69) is 22.3 Å². The second-order valence-corrected chi connectivity index (χ2v) is 5.19. The molecule has 0 fully saturated rings. The van der Waals surface area contributed by atoms with Crippen molar-refractivity contribution in [3.05, 3.63) is 63.2 Å². The number of fused-ring (bicyclic) bond motifs is 1. The lowest BCUT2D eigenvalue weighted by atomic mass is 10.2. The van der Waals surface area contributed by atoms with Crippen LogP contribution in [0.3, 0.4) is 0 Å². The van der Waals surface area contributed by atoms with Crippen LogP contribution in [0.4, 0.5) is 5.82 Å². The van der Waals surface area contributed by atoms with Crippen LogP contribution in [-0.4, -0.2) is 14.6 Å². The maximum absolute atomic E-state index is 11.7. The topological polar surface area (TPSA) is 62.2 Å². The average molecular weight is 303 g/mol. The first kappa shape index (κ1) is 13.7. The number of nitrogens with zero attached hydrogens (tertiary/aromatic N) is 2. The molecule has 0 aliphatic heterocycles. The number of halogens is 1. The molecule has 0 spiro atoms. The van der Waals surface area contributed by atoms with Gasteiger partial charge in [-0.15, -0.1) is 0 Å². The highest BCUT2D eigenvalue weighted by molar-refractivity contribution is 6.31. The Morgan fingerprint density at radius 3 is 3.00 bits per heavy atom. The summed E-state index contributed by atoms with van der Waals surface area (Å²) in [7, 11) is 0. The van der Waals surface area contributed by atoms with Crippen molar-refractivity contribution in [3.63, 3.8) is 0 Å². The summed E-state index contributed by atoms with van der Waals surface area (Å²) in [4.78, 5) is 14.3. The van der Waals surface area contributed by atoms with Crippen LogP contribution in [0.5, 0.6) is 0 Å². The second kappa shape index (κ2) is 5.61. The van der Waals surface area contributed by atoms with Gasteiger partial charge in [0.2, 0.25) is 0 Å². The van der Waals surface area contributed by atoms with Gasteiger partial charge in [0.1, 0.15) is 5.82 Å². The highest BCUT2D eigenvalue weighted by atomic mass is 35.5. The molecule has 21 heavy (non-hydrogen) atoms. The molecule has 0 atom stereocenters. The Hall–Kier alpha value is -2.27. The van der Waals surface area contributed by atoms with E-state index in [1.165, 1.54) is 0 Å². The highest BCUT2D eigenvalue weighted by Crippen LogP contribution is 2.22. The average Bonchev–Trinajstić information content (AvgIpc) is 2.89. The summed E-state index contributed by atoms with van der Waals surface area (Å²) in [5.74, 6) is 0.764. The molecule has 3 aromatic rings. The molecule has 3 rings (SSSR count). The molecule has 2 N–H and O–H groups in total.